The summed E-state index contributed by atoms with van der Waals surface area (Å²) in [7, 11) is 0. The molecule has 0 radical (unpaired) electrons. The van der Waals surface area contributed by atoms with E-state index in [1.165, 1.54) is 18.2 Å². The van der Waals surface area contributed by atoms with Gasteiger partial charge in [0.15, 0.2) is 11.6 Å². The average molecular weight is 479 g/mol. The third-order valence-electron chi connectivity index (χ3n) is 5.38. The lowest BCUT2D eigenvalue weighted by molar-refractivity contribution is 0.109. The third kappa shape index (κ3) is 4.29. The Bertz CT molecular complexity index is 1150. The van der Waals surface area contributed by atoms with Crippen molar-refractivity contribution in [3.05, 3.63) is 56.4 Å². The molecule has 2 aliphatic rings. The number of amides is 2. The third-order valence-corrected chi connectivity index (χ3v) is 5.94. The molecule has 0 spiro atoms. The van der Waals surface area contributed by atoms with E-state index >= 15 is 0 Å². The Balaban J connectivity index is 1.62. The number of nitrogens with one attached hydrogen (secondary N) is 2. The number of hydrogen-bond donors (Lipinski definition) is 4. The summed E-state index contributed by atoms with van der Waals surface area (Å²) in [5.41, 5.74) is 5.82. The number of nitrogens with two attached hydrogens (primary N) is 1. The van der Waals surface area contributed by atoms with E-state index in [4.69, 9.17) is 33.7 Å². The summed E-state index contributed by atoms with van der Waals surface area (Å²) in [6.45, 7) is 3.58. The zero-order valence-corrected chi connectivity index (χ0v) is 18.3. The molecule has 1 aliphatic carbocycles. The fraction of sp³-hybridized carbons (Fsp3) is 0.300. The Morgan fingerprint density at radius 3 is 2.53 bits per heavy atom. The van der Waals surface area contributed by atoms with Crippen LogP contribution in [-0.2, 0) is 0 Å². The normalized spacial score (nSPS) is 17.8. The maximum absolute atomic E-state index is 12.2. The summed E-state index contributed by atoms with van der Waals surface area (Å²) in [4.78, 5) is 24.4. The molecule has 0 bridgehead atoms. The predicted octanol–water partition coefficient (Wildman–Crippen LogP) is 3.41. The minimum absolute atomic E-state index is 0.00229. The van der Waals surface area contributed by atoms with Crippen molar-refractivity contribution in [3.8, 4) is 11.6 Å². The first-order chi connectivity index (χ1) is 15.2. The molecule has 168 valence electrons. The van der Waals surface area contributed by atoms with Gasteiger partial charge in [0.1, 0.15) is 0 Å². The second kappa shape index (κ2) is 8.81. The van der Waals surface area contributed by atoms with Crippen LogP contribution in [0.1, 0.15) is 37.4 Å². The van der Waals surface area contributed by atoms with Gasteiger partial charge in [0.05, 0.1) is 33.1 Å². The highest BCUT2D eigenvalue weighted by molar-refractivity contribution is 6.37. The molecule has 10 nitrogen and oxygen atoms in total. The van der Waals surface area contributed by atoms with Crippen LogP contribution in [0.2, 0.25) is 10.0 Å². The minimum Gasteiger partial charge on any atom is -0.434 e. The van der Waals surface area contributed by atoms with Gasteiger partial charge in [-0.05, 0) is 30.9 Å². The maximum atomic E-state index is 12.2. The van der Waals surface area contributed by atoms with Crippen LogP contribution in [0.3, 0.4) is 0 Å². The number of aromatic amines is 1. The molecule has 1 saturated carbocycles. The fourth-order valence-electron chi connectivity index (χ4n) is 3.71. The number of benzene rings is 1. The summed E-state index contributed by atoms with van der Waals surface area (Å²) in [6.07, 6.45) is 2.82. The number of ether oxygens (including phenoxy) is 1. The molecule has 1 atom stereocenters. The number of aromatic nitrogens is 2. The number of hydrazone groups is 1. The highest BCUT2D eigenvalue weighted by Crippen LogP contribution is 2.40. The van der Waals surface area contributed by atoms with E-state index in [1.54, 1.807) is 0 Å². The number of nitrogens with zero attached hydrogens (tertiary/aromatic N) is 3. The van der Waals surface area contributed by atoms with Gasteiger partial charge in [0.2, 0.25) is 5.88 Å². The van der Waals surface area contributed by atoms with E-state index in [0.717, 1.165) is 30.7 Å². The number of carbonyl (C=O) groups is 1. The summed E-state index contributed by atoms with van der Waals surface area (Å²) < 4.78 is 5.71. The monoisotopic (exact) mass is 478 g/mol. The lowest BCUT2D eigenvalue weighted by Crippen LogP contribution is -2.45. The van der Waals surface area contributed by atoms with Gasteiger partial charge in [-0.2, -0.15) is 5.01 Å². The second-order valence-electron chi connectivity index (χ2n) is 7.53. The number of halogens is 2. The summed E-state index contributed by atoms with van der Waals surface area (Å²) in [5, 5.41) is 24.3. The van der Waals surface area contributed by atoms with Gasteiger partial charge >= 0.3 is 6.03 Å². The summed E-state index contributed by atoms with van der Waals surface area (Å²) in [6, 6.07) is 3.61. The fourth-order valence-corrected chi connectivity index (χ4v) is 4.26. The lowest BCUT2D eigenvalue weighted by Gasteiger charge is -2.24. The first-order valence-electron chi connectivity index (χ1n) is 9.83. The number of urea groups is 1. The first kappa shape index (κ1) is 22.1. The molecule has 2 amide bonds. The Labute approximate surface area is 192 Å². The number of aliphatic hydroxyl groups is 1. The topological polar surface area (TPSA) is 146 Å². The van der Waals surface area contributed by atoms with Crippen molar-refractivity contribution in [1.29, 1.82) is 0 Å². The molecular weight excluding hydrogens is 459 g/mol. The van der Waals surface area contributed by atoms with Gasteiger partial charge in [0.25, 0.3) is 5.56 Å². The molecule has 4 rings (SSSR count). The van der Waals surface area contributed by atoms with Crippen LogP contribution < -0.4 is 26.4 Å². The molecule has 1 aromatic carbocycles. The van der Waals surface area contributed by atoms with Gasteiger partial charge in [-0.15, -0.1) is 10.2 Å². The van der Waals surface area contributed by atoms with E-state index in [-0.39, 0.29) is 50.4 Å². The van der Waals surface area contributed by atoms with Crippen molar-refractivity contribution >= 4 is 40.8 Å². The highest BCUT2D eigenvalue weighted by atomic mass is 35.5. The maximum Gasteiger partial charge on any atom is 0.347 e. The molecule has 1 aromatic heterocycles. The van der Waals surface area contributed by atoms with E-state index < -0.39 is 17.7 Å². The number of H-pyrrole nitrogens is 1. The number of amidine groups is 1. The van der Waals surface area contributed by atoms with Crippen LogP contribution in [0.4, 0.5) is 10.5 Å². The van der Waals surface area contributed by atoms with E-state index in [1.807, 2.05) is 0 Å². The van der Waals surface area contributed by atoms with Gasteiger partial charge in [-0.25, -0.2) is 9.89 Å². The van der Waals surface area contributed by atoms with Gasteiger partial charge in [0, 0.05) is 6.07 Å². The molecule has 2 aromatic rings. The SMILES string of the molecule is C=C1NC(=O)N(c2cc(Cl)c(Oc3cc(C(O)C4CCCC4)c(=O)[nH]n3)c(Cl)c2)N=C1N. The summed E-state index contributed by atoms with van der Waals surface area (Å²) in [5.74, 6) is 0.0970. The van der Waals surface area contributed by atoms with Crippen LogP contribution in [0.5, 0.6) is 11.6 Å². The van der Waals surface area contributed by atoms with Gasteiger partial charge < -0.3 is 20.9 Å². The van der Waals surface area contributed by atoms with E-state index in [0.29, 0.717) is 0 Å². The van der Waals surface area contributed by atoms with E-state index in [9.17, 15) is 14.7 Å². The Kier molecular flexibility index (Phi) is 6.09. The number of aliphatic hydroxyl groups excluding tert-OH is 1. The van der Waals surface area contributed by atoms with Crippen LogP contribution >= 0.6 is 23.2 Å². The van der Waals surface area contributed by atoms with Crippen molar-refractivity contribution in [2.45, 2.75) is 31.8 Å². The number of carbonyl (C=O) groups excluding carboxylic acids is 1. The molecule has 12 heteroatoms. The smallest absolute Gasteiger partial charge is 0.347 e. The van der Waals surface area contributed by atoms with Gasteiger partial charge in [-0.3, -0.25) is 4.79 Å². The quantitative estimate of drug-likeness (QED) is 0.517. The average Bonchev–Trinajstić information content (AvgIpc) is 3.29. The Morgan fingerprint density at radius 1 is 1.22 bits per heavy atom. The van der Waals surface area contributed by atoms with Gasteiger partial charge in [-0.1, -0.05) is 42.6 Å². The Morgan fingerprint density at radius 2 is 1.88 bits per heavy atom. The molecule has 1 unspecified atom stereocenters. The zero-order valence-electron chi connectivity index (χ0n) is 16.8. The van der Waals surface area contributed by atoms with Crippen molar-refractivity contribution in [1.82, 2.24) is 15.5 Å². The molecule has 0 saturated heterocycles. The zero-order chi connectivity index (χ0) is 23.0. The highest BCUT2D eigenvalue weighted by Gasteiger charge is 2.28. The van der Waals surface area contributed by atoms with Crippen LogP contribution in [0.25, 0.3) is 0 Å². The second-order valence-corrected chi connectivity index (χ2v) is 8.34. The first-order valence-corrected chi connectivity index (χ1v) is 10.6. The van der Waals surface area contributed by atoms with Crippen molar-refractivity contribution in [2.75, 3.05) is 5.01 Å². The van der Waals surface area contributed by atoms with Crippen molar-refractivity contribution in [3.63, 3.8) is 0 Å². The molecular formula is C20H20Cl2N6O4. The molecule has 1 fully saturated rings. The van der Waals surface area contributed by atoms with E-state index in [2.05, 4.69) is 27.2 Å². The van der Waals surface area contributed by atoms with Crippen LogP contribution in [-0.4, -0.2) is 27.2 Å². The molecule has 1 aliphatic heterocycles. The molecule has 2 heterocycles. The van der Waals surface area contributed by atoms with Crippen molar-refractivity contribution in [2.24, 2.45) is 16.8 Å². The van der Waals surface area contributed by atoms with Crippen LogP contribution in [0, 0.1) is 5.92 Å². The minimum atomic E-state index is -0.921. The number of hydrogen-bond acceptors (Lipinski definition) is 7. The Hall–Kier alpha value is -3.08. The predicted molar refractivity (Wildman–Crippen MR) is 120 cm³/mol. The van der Waals surface area contributed by atoms with Crippen LogP contribution in [0.15, 0.2) is 40.4 Å². The number of anilines is 1. The summed E-state index contributed by atoms with van der Waals surface area (Å²) >= 11 is 12.7. The van der Waals surface area contributed by atoms with Crippen molar-refractivity contribution < 1.29 is 14.6 Å². The standard InChI is InChI=1S/C20H20Cl2N6O4/c1-9-18(23)27-28(20(31)24-9)11-6-13(21)17(14(22)7-11)32-15-8-12(19(30)26-25-15)16(29)10-4-2-3-5-10/h6-8,10,16,29H,1-5H2,(H2,23,27)(H,24,31)(H,26,30). The number of rotatable bonds is 5. The molecule has 5 N–H and O–H groups in total. The molecule has 32 heavy (non-hydrogen) atoms. The largest absolute Gasteiger partial charge is 0.434 e. The lowest BCUT2D eigenvalue weighted by atomic mass is 9.96.